The Hall–Kier alpha value is -6.30. The number of nitrogens with zero attached hydrogens (tertiary/aromatic N) is 15. The van der Waals surface area contributed by atoms with Crippen molar-refractivity contribution < 1.29 is 4.74 Å². The Morgan fingerprint density at radius 3 is 1.97 bits per heavy atom. The normalized spacial score (nSPS) is 20.9. The van der Waals surface area contributed by atoms with E-state index in [2.05, 4.69) is 72.2 Å². The molecule has 17 nitrogen and oxygen atoms in total. The average molecular weight is 889 g/mol. The van der Waals surface area contributed by atoms with E-state index in [0.717, 1.165) is 162 Å². The van der Waals surface area contributed by atoms with Crippen LogP contribution in [0.15, 0.2) is 41.7 Å². The number of aryl methyl sites for hydroxylation is 2. The molecule has 0 bridgehead atoms. The van der Waals surface area contributed by atoms with Gasteiger partial charge in [0, 0.05) is 58.3 Å². The van der Waals surface area contributed by atoms with Gasteiger partial charge in [0.2, 0.25) is 22.7 Å². The van der Waals surface area contributed by atoms with E-state index in [4.69, 9.17) is 53.6 Å². The highest BCUT2D eigenvalue weighted by molar-refractivity contribution is 6.11. The number of rotatable bonds is 6. The van der Waals surface area contributed by atoms with Crippen molar-refractivity contribution in [3.8, 4) is 0 Å². The van der Waals surface area contributed by atoms with Crippen molar-refractivity contribution in [3.63, 3.8) is 0 Å². The molecule has 0 aromatic carbocycles. The van der Waals surface area contributed by atoms with E-state index < -0.39 is 0 Å². The summed E-state index contributed by atoms with van der Waals surface area (Å²) >= 11 is 0. The van der Waals surface area contributed by atoms with Crippen molar-refractivity contribution in [2.24, 2.45) is 21.6 Å². The van der Waals surface area contributed by atoms with Crippen LogP contribution in [0.25, 0.3) is 20.9 Å². The molecule has 0 spiro atoms. The van der Waals surface area contributed by atoms with Crippen molar-refractivity contribution in [1.29, 1.82) is 0 Å². The predicted molar refractivity (Wildman–Crippen MR) is 257 cm³/mol. The molecule has 6 aliphatic rings. The number of piperidine rings is 2. The van der Waals surface area contributed by atoms with Gasteiger partial charge in [-0.25, -0.2) is 14.6 Å². The highest BCUT2D eigenvalue weighted by Crippen LogP contribution is 2.42. The van der Waals surface area contributed by atoms with E-state index >= 15 is 0 Å². The minimum Gasteiger partial charge on any atom is -0.364 e. The van der Waals surface area contributed by atoms with Gasteiger partial charge in [0.15, 0.2) is 23.7 Å². The molecule has 5 aromatic heterocycles. The summed E-state index contributed by atoms with van der Waals surface area (Å²) < 4.78 is 8.08. The zero-order valence-electron chi connectivity index (χ0n) is 38.6. The lowest BCUT2D eigenvalue weighted by molar-refractivity contribution is -0.0368. The number of anilines is 5. The molecule has 3 saturated heterocycles. The fourth-order valence-electron chi connectivity index (χ4n) is 10.3. The van der Waals surface area contributed by atoms with E-state index in [1.807, 2.05) is 29.2 Å². The molecule has 0 amide bonds. The molecule has 6 aliphatic heterocycles. The summed E-state index contributed by atoms with van der Waals surface area (Å²) in [6.07, 6.45) is 15.9. The van der Waals surface area contributed by atoms with Gasteiger partial charge in [-0.2, -0.15) is 0 Å². The molecular formula is C49H60N16O. The Labute approximate surface area is 387 Å². The molecule has 11 heterocycles. The van der Waals surface area contributed by atoms with E-state index in [1.165, 1.54) is 6.42 Å². The van der Waals surface area contributed by atoms with Crippen molar-refractivity contribution in [1.82, 2.24) is 39.7 Å². The number of nitrogens with two attached hydrogens (primary N) is 1. The van der Waals surface area contributed by atoms with Gasteiger partial charge < -0.3 is 39.8 Å². The van der Waals surface area contributed by atoms with Crippen molar-refractivity contribution >= 4 is 57.5 Å². The molecular weight excluding hydrogens is 829 g/mol. The standard InChI is InChI=1S/C27H34N8O.C22H26N8/c1-4-27(2)12-16-33(17-13-27)26-23(28-3)30-22-24(31-26)35(21-11-5-6-18-36-21)32-25(22)34-15-8-9-19-20(34)10-7-14-29-19;1-22(14-23)7-11-29(12-8-22)21-19(24-2)28-18-16(27-21)13-26-20(18)30-10-4-5-15-17(30)6-3-9-25-15/h7,10,14,21H,4-6,8-9,11-13,15-18H2,1-2H3;3,6,9H,4-5,7-8,10-14,23H2,1H3. The minimum absolute atomic E-state index is 0.168. The quantitative estimate of drug-likeness (QED) is 0.162. The van der Waals surface area contributed by atoms with Crippen LogP contribution >= 0.6 is 0 Å². The largest absolute Gasteiger partial charge is 0.364 e. The summed E-state index contributed by atoms with van der Waals surface area (Å²) in [6.45, 7) is 29.6. The van der Waals surface area contributed by atoms with E-state index in [1.54, 1.807) is 0 Å². The Morgan fingerprint density at radius 1 is 0.727 bits per heavy atom. The van der Waals surface area contributed by atoms with Crippen molar-refractivity contribution in [3.05, 3.63) is 82.3 Å². The molecule has 342 valence electrons. The molecule has 17 heteroatoms. The van der Waals surface area contributed by atoms with Crippen LogP contribution in [0.5, 0.6) is 0 Å². The maximum Gasteiger partial charge on any atom is 0.313 e. The molecule has 1 unspecified atom stereocenters. The summed E-state index contributed by atoms with van der Waals surface area (Å²) in [6, 6.07) is 8.11. The molecule has 5 aromatic rings. The molecule has 66 heavy (non-hydrogen) atoms. The third-order valence-electron chi connectivity index (χ3n) is 14.9. The van der Waals surface area contributed by atoms with E-state index in [9.17, 15) is 0 Å². The first-order valence-electron chi connectivity index (χ1n) is 24.0. The number of fused-ring (bicyclic) bond motifs is 4. The number of ether oxygens (including phenoxy) is 1. The Bertz CT molecular complexity index is 2710. The highest BCUT2D eigenvalue weighted by Gasteiger charge is 2.37. The van der Waals surface area contributed by atoms with E-state index in [0.29, 0.717) is 52.9 Å². The van der Waals surface area contributed by atoms with Crippen LogP contribution in [0.3, 0.4) is 0 Å². The average Bonchev–Trinajstić information content (AvgIpc) is 3.97. The van der Waals surface area contributed by atoms with Gasteiger partial charge in [-0.3, -0.25) is 15.0 Å². The molecule has 2 N–H and O–H groups in total. The van der Waals surface area contributed by atoms with Gasteiger partial charge in [0.1, 0.15) is 5.69 Å². The lowest BCUT2D eigenvalue weighted by atomic mass is 9.78. The number of aromatic nitrogens is 8. The topological polar surface area (TPSA) is 164 Å². The van der Waals surface area contributed by atoms with Gasteiger partial charge >= 0.3 is 11.6 Å². The van der Waals surface area contributed by atoms with Crippen molar-refractivity contribution in [2.75, 3.05) is 72.0 Å². The van der Waals surface area contributed by atoms with Gasteiger partial charge in [-0.05, 0) is 112 Å². The number of hydrogen-bond acceptors (Lipinski definition) is 14. The first kappa shape index (κ1) is 43.6. The second-order valence-electron chi connectivity index (χ2n) is 19.3. The Kier molecular flexibility index (Phi) is 12.0. The number of pyridine rings is 2. The summed E-state index contributed by atoms with van der Waals surface area (Å²) in [4.78, 5) is 50.0. The number of aliphatic imine (C=N–C) groups is 1. The lowest BCUT2D eigenvalue weighted by Crippen LogP contribution is -2.42. The second-order valence-corrected chi connectivity index (χ2v) is 19.3. The summed E-state index contributed by atoms with van der Waals surface area (Å²) in [5, 5.41) is 5.08. The predicted octanol–water partition coefficient (Wildman–Crippen LogP) is 8.27. The van der Waals surface area contributed by atoms with Crippen LogP contribution in [0, 0.1) is 24.0 Å². The van der Waals surface area contributed by atoms with Crippen LogP contribution in [-0.2, 0) is 24.1 Å². The minimum atomic E-state index is -0.168. The maximum atomic E-state index is 7.95. The molecule has 0 aliphatic carbocycles. The molecule has 3 fully saturated rings. The number of amidine groups is 1. The van der Waals surface area contributed by atoms with Crippen LogP contribution in [0.1, 0.15) is 114 Å². The first-order chi connectivity index (χ1) is 32.2. The molecule has 0 radical (unpaired) electrons. The van der Waals surface area contributed by atoms with Crippen molar-refractivity contribution in [2.45, 2.75) is 111 Å². The summed E-state index contributed by atoms with van der Waals surface area (Å²) in [5.74, 6) is 3.66. The Balaban J connectivity index is 0.000000158. The second kappa shape index (κ2) is 18.2. The first-order valence-corrected chi connectivity index (χ1v) is 24.0. The van der Waals surface area contributed by atoms with Crippen LogP contribution < -0.4 is 25.3 Å². The third kappa shape index (κ3) is 8.17. The third-order valence-corrected chi connectivity index (χ3v) is 14.9. The number of hydrogen-bond donors (Lipinski definition) is 1. The van der Waals surface area contributed by atoms with Crippen LogP contribution in [-0.4, -0.2) is 97.9 Å². The zero-order chi connectivity index (χ0) is 45.4. The molecule has 1 atom stereocenters. The van der Waals surface area contributed by atoms with Gasteiger partial charge in [-0.1, -0.05) is 40.3 Å². The summed E-state index contributed by atoms with van der Waals surface area (Å²) in [5.41, 5.74) is 13.8. The SMILES string of the molecule is [C-]#[N+]c1nc2c(N3CCCc4ncccc43)nn(C3CCCCO3)c2nc1N1CCC(C)(CC)CC1.[C-]#[N+]c1nc2c(nc1N1CCC(C)(CN)CC1)CN=C2N1CCCc2ncccc21. The van der Waals surface area contributed by atoms with Crippen LogP contribution in [0.4, 0.5) is 40.5 Å². The zero-order valence-corrected chi connectivity index (χ0v) is 38.6. The fraction of sp³-hybridized carbons (Fsp3) is 0.551. The molecule has 0 saturated carbocycles. The summed E-state index contributed by atoms with van der Waals surface area (Å²) in [7, 11) is 0. The van der Waals surface area contributed by atoms with E-state index in [-0.39, 0.29) is 11.6 Å². The fourth-order valence-corrected chi connectivity index (χ4v) is 10.3. The smallest absolute Gasteiger partial charge is 0.313 e. The lowest BCUT2D eigenvalue weighted by Gasteiger charge is -2.39. The Morgan fingerprint density at radius 2 is 1.35 bits per heavy atom. The van der Waals surface area contributed by atoms with Gasteiger partial charge in [0.05, 0.1) is 29.3 Å². The monoisotopic (exact) mass is 889 g/mol. The molecule has 11 rings (SSSR count). The maximum absolute atomic E-state index is 7.95. The highest BCUT2D eigenvalue weighted by atomic mass is 16.5. The van der Waals surface area contributed by atoms with Gasteiger partial charge in [0.25, 0.3) is 0 Å². The van der Waals surface area contributed by atoms with Crippen LogP contribution in [0.2, 0.25) is 0 Å². The van der Waals surface area contributed by atoms with Gasteiger partial charge in [-0.15, -0.1) is 15.1 Å².